The molecule has 6 heteroatoms. The lowest BCUT2D eigenvalue weighted by atomic mass is 10.1. The average molecular weight is 352 g/mol. The van der Waals surface area contributed by atoms with Crippen LogP contribution in [-0.4, -0.2) is 20.8 Å². The van der Waals surface area contributed by atoms with Crippen LogP contribution in [0, 0.1) is 0 Å². The molecule has 7 N–H and O–H groups in total. The van der Waals surface area contributed by atoms with E-state index >= 15 is 0 Å². The monoisotopic (exact) mass is 352 g/mol. The highest BCUT2D eigenvalue weighted by molar-refractivity contribution is 7.38. The van der Waals surface area contributed by atoms with Gasteiger partial charge in [0.25, 0.3) is 0 Å². The maximum absolute atomic E-state index is 7.23. The van der Waals surface area contributed by atoms with Crippen molar-refractivity contribution in [1.29, 1.82) is 0 Å². The smallest absolute Gasteiger partial charge is 0.324 e. The van der Waals surface area contributed by atoms with E-state index < -0.39 is 8.60 Å². The standard InChI is InChI=1S/C12H10.C6H16N2.H3O3P/c1-3-7-11(8-4-1)12-9-5-2-6-10-12;1-2-3-4-5-6(7)8;1-4(2)3/h1-10H;6H,2-5,7-8H2,1H3;1-3H. The van der Waals surface area contributed by atoms with Crippen molar-refractivity contribution in [2.75, 3.05) is 0 Å². The molecule has 134 valence electrons. The maximum atomic E-state index is 7.23. The average Bonchev–Trinajstić information content (AvgIpc) is 2.57. The molecule has 0 heterocycles. The Morgan fingerprint density at radius 1 is 0.792 bits per heavy atom. The van der Waals surface area contributed by atoms with Gasteiger partial charge in [-0.05, 0) is 17.5 Å². The maximum Gasteiger partial charge on any atom is 0.324 e. The van der Waals surface area contributed by atoms with Gasteiger partial charge in [0.05, 0.1) is 6.17 Å². The molecule has 2 rings (SSSR count). The summed E-state index contributed by atoms with van der Waals surface area (Å²) in [5, 5.41) is 0. The summed E-state index contributed by atoms with van der Waals surface area (Å²) in [5.41, 5.74) is 13.2. The van der Waals surface area contributed by atoms with Gasteiger partial charge in [-0.3, -0.25) is 0 Å². The first kappa shape index (κ1) is 22.7. The molecular weight excluding hydrogens is 323 g/mol. The van der Waals surface area contributed by atoms with Crippen molar-refractivity contribution in [3.8, 4) is 11.1 Å². The fourth-order valence-electron chi connectivity index (χ4n) is 1.89. The third-order valence-corrected chi connectivity index (χ3v) is 3.02. The van der Waals surface area contributed by atoms with Crippen molar-refractivity contribution < 1.29 is 14.7 Å². The largest absolute Gasteiger partial charge is 0.328 e. The molecule has 0 saturated carbocycles. The van der Waals surface area contributed by atoms with E-state index in [2.05, 4.69) is 55.5 Å². The summed E-state index contributed by atoms with van der Waals surface area (Å²) in [4.78, 5) is 21.7. The molecule has 0 aliphatic carbocycles. The van der Waals surface area contributed by atoms with Crippen LogP contribution >= 0.6 is 8.60 Å². The molecule has 0 saturated heterocycles. The van der Waals surface area contributed by atoms with E-state index in [-0.39, 0.29) is 6.17 Å². The van der Waals surface area contributed by atoms with E-state index in [1.165, 1.54) is 30.4 Å². The Morgan fingerprint density at radius 3 is 1.46 bits per heavy atom. The highest BCUT2D eigenvalue weighted by Crippen LogP contribution is 2.17. The number of benzene rings is 2. The van der Waals surface area contributed by atoms with Gasteiger partial charge in [-0.2, -0.15) is 0 Å². The van der Waals surface area contributed by atoms with E-state index in [0.29, 0.717) is 0 Å². The summed E-state index contributed by atoms with van der Waals surface area (Å²) >= 11 is 0. The lowest BCUT2D eigenvalue weighted by molar-refractivity contribution is 0.368. The summed E-state index contributed by atoms with van der Waals surface area (Å²) in [6.45, 7) is 2.17. The Hall–Kier alpha value is -1.33. The number of hydrogen-bond donors (Lipinski definition) is 5. The van der Waals surface area contributed by atoms with Gasteiger partial charge in [0.2, 0.25) is 0 Å². The Kier molecular flexibility index (Phi) is 14.4. The molecule has 0 spiro atoms. The van der Waals surface area contributed by atoms with E-state index in [4.69, 9.17) is 26.1 Å². The Balaban J connectivity index is 0.000000384. The molecular formula is C18H29N2O3P. The molecule has 0 amide bonds. The molecule has 5 nitrogen and oxygen atoms in total. The van der Waals surface area contributed by atoms with Crippen LogP contribution in [0.15, 0.2) is 60.7 Å². The SMILES string of the molecule is CCCCCC(N)N.OP(O)O.c1ccc(-c2ccccc2)cc1. The number of unbranched alkanes of at least 4 members (excludes halogenated alkanes) is 2. The highest BCUT2D eigenvalue weighted by atomic mass is 31.2. The van der Waals surface area contributed by atoms with Crippen molar-refractivity contribution in [3.05, 3.63) is 60.7 Å². The third-order valence-electron chi connectivity index (χ3n) is 3.02. The van der Waals surface area contributed by atoms with Crippen LogP contribution in [0.4, 0.5) is 0 Å². The molecule has 2 aromatic carbocycles. The first-order valence-electron chi connectivity index (χ1n) is 7.95. The zero-order valence-electron chi connectivity index (χ0n) is 14.1. The molecule has 0 aliphatic heterocycles. The normalized spacial score (nSPS) is 9.83. The van der Waals surface area contributed by atoms with E-state index in [0.717, 1.165) is 6.42 Å². The molecule has 2 aromatic rings. The van der Waals surface area contributed by atoms with E-state index in [1.807, 2.05) is 12.1 Å². The summed E-state index contributed by atoms with van der Waals surface area (Å²) in [5.74, 6) is 0. The minimum absolute atomic E-state index is 0.0958. The van der Waals surface area contributed by atoms with Crippen LogP contribution in [0.5, 0.6) is 0 Å². The van der Waals surface area contributed by atoms with Crippen LogP contribution in [0.2, 0.25) is 0 Å². The first-order valence-corrected chi connectivity index (χ1v) is 9.15. The Morgan fingerprint density at radius 2 is 1.17 bits per heavy atom. The second-order valence-corrected chi connectivity index (χ2v) is 5.70. The van der Waals surface area contributed by atoms with Crippen molar-refractivity contribution in [2.45, 2.75) is 38.8 Å². The van der Waals surface area contributed by atoms with Crippen LogP contribution in [-0.2, 0) is 0 Å². The topological polar surface area (TPSA) is 113 Å². The van der Waals surface area contributed by atoms with Gasteiger partial charge in [0.15, 0.2) is 0 Å². The molecule has 0 radical (unpaired) electrons. The minimum atomic E-state index is -2.62. The summed E-state index contributed by atoms with van der Waals surface area (Å²) in [7, 11) is -2.62. The molecule has 24 heavy (non-hydrogen) atoms. The summed E-state index contributed by atoms with van der Waals surface area (Å²) < 4.78 is 0. The Labute approximate surface area is 146 Å². The van der Waals surface area contributed by atoms with Gasteiger partial charge in [-0.1, -0.05) is 86.8 Å². The fraction of sp³-hybridized carbons (Fsp3) is 0.333. The molecule has 0 fully saturated rings. The second-order valence-electron chi connectivity index (χ2n) is 5.16. The number of nitrogens with two attached hydrogens (primary N) is 2. The van der Waals surface area contributed by atoms with Gasteiger partial charge in [0, 0.05) is 0 Å². The summed E-state index contributed by atoms with van der Waals surface area (Å²) in [6.07, 6.45) is 4.54. The zero-order chi connectivity index (χ0) is 18.2. The van der Waals surface area contributed by atoms with Crippen LogP contribution in [0.3, 0.4) is 0 Å². The van der Waals surface area contributed by atoms with Gasteiger partial charge in [-0.25, -0.2) is 0 Å². The zero-order valence-corrected chi connectivity index (χ0v) is 15.0. The van der Waals surface area contributed by atoms with Crippen LogP contribution < -0.4 is 11.5 Å². The van der Waals surface area contributed by atoms with Crippen molar-refractivity contribution >= 4 is 8.60 Å². The van der Waals surface area contributed by atoms with Gasteiger partial charge < -0.3 is 26.1 Å². The van der Waals surface area contributed by atoms with Crippen LogP contribution in [0.25, 0.3) is 11.1 Å². The van der Waals surface area contributed by atoms with E-state index in [9.17, 15) is 0 Å². The molecule has 0 atom stereocenters. The highest BCUT2D eigenvalue weighted by Gasteiger charge is 1.92. The lowest BCUT2D eigenvalue weighted by Gasteiger charge is -2.01. The lowest BCUT2D eigenvalue weighted by Crippen LogP contribution is -2.29. The quantitative estimate of drug-likeness (QED) is 0.322. The van der Waals surface area contributed by atoms with Gasteiger partial charge in [-0.15, -0.1) is 0 Å². The molecule has 0 aromatic heterocycles. The third kappa shape index (κ3) is 14.3. The van der Waals surface area contributed by atoms with E-state index in [1.54, 1.807) is 0 Å². The van der Waals surface area contributed by atoms with Crippen LogP contribution in [0.1, 0.15) is 32.6 Å². The first-order chi connectivity index (χ1) is 11.5. The molecule has 0 aliphatic rings. The number of rotatable bonds is 5. The Bertz CT molecular complexity index is 456. The van der Waals surface area contributed by atoms with Crippen molar-refractivity contribution in [2.24, 2.45) is 11.5 Å². The van der Waals surface area contributed by atoms with Gasteiger partial charge >= 0.3 is 8.60 Å². The summed E-state index contributed by atoms with van der Waals surface area (Å²) in [6, 6.07) is 20.8. The fourth-order valence-corrected chi connectivity index (χ4v) is 1.89. The van der Waals surface area contributed by atoms with Crippen molar-refractivity contribution in [3.63, 3.8) is 0 Å². The molecule has 0 unspecified atom stereocenters. The van der Waals surface area contributed by atoms with Gasteiger partial charge in [0.1, 0.15) is 0 Å². The number of hydrogen-bond acceptors (Lipinski definition) is 5. The minimum Gasteiger partial charge on any atom is -0.328 e. The van der Waals surface area contributed by atoms with Crippen molar-refractivity contribution in [1.82, 2.24) is 0 Å². The predicted octanol–water partition coefficient (Wildman–Crippen LogP) is 3.35. The predicted molar refractivity (Wildman–Crippen MR) is 102 cm³/mol. The second kappa shape index (κ2) is 15.2. The molecule has 0 bridgehead atoms.